The van der Waals surface area contributed by atoms with Gasteiger partial charge in [0, 0.05) is 30.0 Å². The minimum Gasteiger partial charge on any atom is -0.357 e. The van der Waals surface area contributed by atoms with E-state index in [0.717, 1.165) is 28.4 Å². The van der Waals surface area contributed by atoms with Crippen molar-refractivity contribution in [3.8, 4) is 0 Å². The highest BCUT2D eigenvalue weighted by Crippen LogP contribution is 2.17. The molecule has 1 aromatic heterocycles. The number of hydrogen-bond donors (Lipinski definition) is 2. The number of imidazole rings is 1. The van der Waals surface area contributed by atoms with Crippen LogP contribution in [0.1, 0.15) is 38.2 Å². The Hall–Kier alpha value is -1.96. The van der Waals surface area contributed by atoms with Crippen LogP contribution in [0.5, 0.6) is 0 Å². The number of hydrogen-bond acceptors (Lipinski definition) is 2. The monoisotopic (exact) mass is 441 g/mol. The smallest absolute Gasteiger partial charge is 0.319 e. The maximum atomic E-state index is 12.9. The maximum absolute atomic E-state index is 12.9. The molecule has 0 aliphatic rings. The van der Waals surface area contributed by atoms with Gasteiger partial charge in [-0.25, -0.2) is 9.98 Å². The first kappa shape index (κ1) is 21.3. The Labute approximate surface area is 167 Å². The molecule has 0 aliphatic carbocycles. The van der Waals surface area contributed by atoms with Gasteiger partial charge < -0.3 is 10.6 Å². The molecule has 27 heavy (non-hydrogen) atoms. The second kappa shape index (κ2) is 11.0. The van der Waals surface area contributed by atoms with Gasteiger partial charge in [0.15, 0.2) is 5.96 Å². The van der Waals surface area contributed by atoms with Crippen molar-refractivity contribution in [2.45, 2.75) is 39.8 Å². The Morgan fingerprint density at radius 2 is 2.11 bits per heavy atom. The van der Waals surface area contributed by atoms with Gasteiger partial charge in [0.2, 0.25) is 0 Å². The number of guanidine groups is 1. The second-order valence-corrected chi connectivity index (χ2v) is 7.13. The van der Waals surface area contributed by atoms with E-state index in [4.69, 9.17) is 0 Å². The summed E-state index contributed by atoms with van der Waals surface area (Å²) in [6, 6.07) is 8.31. The number of nitrogens with one attached hydrogen (secondary N) is 2. The maximum Gasteiger partial charge on any atom is 0.319 e. The van der Waals surface area contributed by atoms with Crippen LogP contribution in [0.2, 0.25) is 0 Å². The molecule has 8 heteroatoms. The van der Waals surface area contributed by atoms with Gasteiger partial charge in [-0.1, -0.05) is 41.4 Å². The number of nitrogens with zero attached hydrogens (tertiary/aromatic N) is 3. The van der Waals surface area contributed by atoms with Crippen molar-refractivity contribution < 1.29 is 8.78 Å². The first-order chi connectivity index (χ1) is 13.0. The predicted molar refractivity (Wildman–Crippen MR) is 108 cm³/mol. The zero-order valence-corrected chi connectivity index (χ0v) is 17.2. The van der Waals surface area contributed by atoms with Gasteiger partial charge in [0.05, 0.1) is 0 Å². The number of alkyl halides is 2. The Bertz CT molecular complexity index is 732. The van der Waals surface area contributed by atoms with Crippen molar-refractivity contribution in [2.75, 3.05) is 13.1 Å². The third-order valence-electron chi connectivity index (χ3n) is 4.23. The van der Waals surface area contributed by atoms with Crippen LogP contribution >= 0.6 is 15.9 Å². The van der Waals surface area contributed by atoms with E-state index in [-0.39, 0.29) is 12.4 Å². The molecule has 0 saturated carbocycles. The van der Waals surface area contributed by atoms with E-state index in [0.29, 0.717) is 18.4 Å². The van der Waals surface area contributed by atoms with E-state index in [1.165, 1.54) is 18.0 Å². The molecule has 1 aromatic carbocycles. The molecule has 2 aromatic rings. The van der Waals surface area contributed by atoms with Crippen molar-refractivity contribution in [3.63, 3.8) is 0 Å². The highest BCUT2D eigenvalue weighted by atomic mass is 79.9. The topological polar surface area (TPSA) is 54.2 Å². The van der Waals surface area contributed by atoms with Gasteiger partial charge in [-0.05, 0) is 37.0 Å². The summed E-state index contributed by atoms with van der Waals surface area (Å²) in [6.45, 7) is 3.05. The Morgan fingerprint density at radius 1 is 1.30 bits per heavy atom. The number of halogens is 3. The van der Waals surface area contributed by atoms with Crippen molar-refractivity contribution in [1.82, 2.24) is 20.2 Å². The fourth-order valence-electron chi connectivity index (χ4n) is 2.73. The van der Waals surface area contributed by atoms with Crippen LogP contribution < -0.4 is 10.6 Å². The SMILES string of the molecule is CCNC(=NCc1nccn1C(F)F)NCC(CC)Cc1cccc(Br)c1. The summed E-state index contributed by atoms with van der Waals surface area (Å²) < 4.78 is 27.7. The van der Waals surface area contributed by atoms with Crippen LogP contribution in [0.15, 0.2) is 46.1 Å². The lowest BCUT2D eigenvalue weighted by atomic mass is 9.97. The van der Waals surface area contributed by atoms with Crippen molar-refractivity contribution >= 4 is 21.9 Å². The summed E-state index contributed by atoms with van der Waals surface area (Å²) in [5, 5.41) is 6.47. The first-order valence-corrected chi connectivity index (χ1v) is 9.89. The van der Waals surface area contributed by atoms with Gasteiger partial charge in [-0.15, -0.1) is 0 Å². The second-order valence-electron chi connectivity index (χ2n) is 6.21. The molecule has 1 heterocycles. The summed E-state index contributed by atoms with van der Waals surface area (Å²) in [7, 11) is 0. The number of aromatic nitrogens is 2. The van der Waals surface area contributed by atoms with Crippen molar-refractivity contribution in [2.24, 2.45) is 10.9 Å². The van der Waals surface area contributed by atoms with Gasteiger partial charge in [0.1, 0.15) is 12.4 Å². The molecular weight excluding hydrogens is 416 g/mol. The van der Waals surface area contributed by atoms with E-state index in [9.17, 15) is 8.78 Å². The summed E-state index contributed by atoms with van der Waals surface area (Å²) in [5.74, 6) is 1.28. The van der Waals surface area contributed by atoms with Crippen LogP contribution in [0, 0.1) is 5.92 Å². The van der Waals surface area contributed by atoms with Crippen LogP contribution in [0.3, 0.4) is 0 Å². The van der Waals surface area contributed by atoms with E-state index in [1.54, 1.807) is 0 Å². The summed E-state index contributed by atoms with van der Waals surface area (Å²) in [4.78, 5) is 8.36. The van der Waals surface area contributed by atoms with Crippen LogP contribution in [0.25, 0.3) is 0 Å². The molecule has 0 bridgehead atoms. The Kier molecular flexibility index (Phi) is 8.71. The van der Waals surface area contributed by atoms with Crippen LogP contribution in [-0.2, 0) is 13.0 Å². The minimum atomic E-state index is -2.61. The highest BCUT2D eigenvalue weighted by molar-refractivity contribution is 9.10. The zero-order valence-electron chi connectivity index (χ0n) is 15.6. The van der Waals surface area contributed by atoms with E-state index >= 15 is 0 Å². The van der Waals surface area contributed by atoms with Crippen LogP contribution in [-0.4, -0.2) is 28.6 Å². The predicted octanol–water partition coefficient (Wildman–Crippen LogP) is 4.36. The average molecular weight is 442 g/mol. The molecule has 0 amide bonds. The average Bonchev–Trinajstić information content (AvgIpc) is 3.11. The Balaban J connectivity index is 1.96. The summed E-state index contributed by atoms with van der Waals surface area (Å²) >= 11 is 3.51. The number of benzene rings is 1. The normalized spacial score (nSPS) is 13.0. The summed E-state index contributed by atoms with van der Waals surface area (Å²) in [5.41, 5.74) is 1.28. The van der Waals surface area contributed by atoms with Gasteiger partial charge >= 0.3 is 6.55 Å². The van der Waals surface area contributed by atoms with E-state index in [1.807, 2.05) is 19.1 Å². The molecule has 0 fully saturated rings. The summed E-state index contributed by atoms with van der Waals surface area (Å²) in [6.07, 6.45) is 4.61. The zero-order chi connectivity index (χ0) is 19.6. The molecule has 2 rings (SSSR count). The lowest BCUT2D eigenvalue weighted by Gasteiger charge is -2.18. The van der Waals surface area contributed by atoms with E-state index < -0.39 is 6.55 Å². The molecule has 0 aliphatic heterocycles. The molecule has 1 atom stereocenters. The third-order valence-corrected chi connectivity index (χ3v) is 4.72. The lowest BCUT2D eigenvalue weighted by molar-refractivity contribution is 0.0671. The fraction of sp³-hybridized carbons (Fsp3) is 0.474. The first-order valence-electron chi connectivity index (χ1n) is 9.09. The number of rotatable bonds is 9. The molecule has 2 N–H and O–H groups in total. The third kappa shape index (κ3) is 6.93. The largest absolute Gasteiger partial charge is 0.357 e. The lowest BCUT2D eigenvalue weighted by Crippen LogP contribution is -2.40. The molecule has 0 saturated heterocycles. The van der Waals surface area contributed by atoms with Gasteiger partial charge in [0.25, 0.3) is 0 Å². The Morgan fingerprint density at radius 3 is 2.78 bits per heavy atom. The van der Waals surface area contributed by atoms with Gasteiger partial charge in [-0.3, -0.25) is 4.57 Å². The van der Waals surface area contributed by atoms with E-state index in [2.05, 4.69) is 55.6 Å². The van der Waals surface area contributed by atoms with Gasteiger partial charge in [-0.2, -0.15) is 8.78 Å². The number of aliphatic imine (C=N–C) groups is 1. The standard InChI is InChI=1S/C19H26BrF2N5/c1-3-14(10-15-6-5-7-16(20)11-15)12-25-19(23-4-2)26-13-17-24-8-9-27(17)18(21)22/h5-9,11,14,18H,3-4,10,12-13H2,1-2H3,(H2,23,25,26). The molecule has 148 valence electrons. The quantitative estimate of drug-likeness (QED) is 0.448. The van der Waals surface area contributed by atoms with Crippen LogP contribution in [0.4, 0.5) is 8.78 Å². The minimum absolute atomic E-state index is 0.0924. The molecule has 1 unspecified atom stereocenters. The molecule has 0 radical (unpaired) electrons. The fourth-order valence-corrected chi connectivity index (χ4v) is 3.18. The molecular formula is C19H26BrF2N5. The van der Waals surface area contributed by atoms with Crippen molar-refractivity contribution in [3.05, 3.63) is 52.5 Å². The molecule has 0 spiro atoms. The van der Waals surface area contributed by atoms with Crippen molar-refractivity contribution in [1.29, 1.82) is 0 Å². The molecule has 5 nitrogen and oxygen atoms in total. The highest BCUT2D eigenvalue weighted by Gasteiger charge is 2.12.